The fraction of sp³-hybridized carbons (Fsp3) is 0.500. The van der Waals surface area contributed by atoms with Crippen LogP contribution < -0.4 is 14.8 Å². The summed E-state index contributed by atoms with van der Waals surface area (Å²) in [7, 11) is 1.61. The number of ether oxygens (including phenoxy) is 2. The van der Waals surface area contributed by atoms with Crippen LogP contribution in [-0.2, 0) is 17.8 Å². The molecule has 1 fully saturated rings. The number of benzene rings is 1. The van der Waals surface area contributed by atoms with Crippen molar-refractivity contribution in [1.82, 2.24) is 20.2 Å². The molecular formula is C22H28N4O3. The molecule has 0 aliphatic carbocycles. The number of carbonyl (C=O) groups is 1. The van der Waals surface area contributed by atoms with Crippen LogP contribution >= 0.6 is 0 Å². The van der Waals surface area contributed by atoms with Gasteiger partial charge in [0.15, 0.2) is 6.10 Å². The molecule has 1 aromatic carbocycles. The summed E-state index contributed by atoms with van der Waals surface area (Å²) in [4.78, 5) is 24.1. The zero-order valence-corrected chi connectivity index (χ0v) is 17.1. The van der Waals surface area contributed by atoms with Crippen molar-refractivity contribution < 1.29 is 14.3 Å². The van der Waals surface area contributed by atoms with Crippen molar-refractivity contribution in [2.24, 2.45) is 0 Å². The van der Waals surface area contributed by atoms with Crippen LogP contribution in [0.4, 0.5) is 0 Å². The minimum Gasteiger partial charge on any atom is -0.497 e. The van der Waals surface area contributed by atoms with Gasteiger partial charge in [0.05, 0.1) is 18.8 Å². The van der Waals surface area contributed by atoms with Gasteiger partial charge in [0.1, 0.15) is 17.3 Å². The highest BCUT2D eigenvalue weighted by molar-refractivity contribution is 5.81. The van der Waals surface area contributed by atoms with Gasteiger partial charge in [-0.1, -0.05) is 12.5 Å². The molecule has 3 heterocycles. The zero-order chi connectivity index (χ0) is 20.2. The lowest BCUT2D eigenvalue weighted by molar-refractivity contribution is -0.138. The summed E-state index contributed by atoms with van der Waals surface area (Å²) < 4.78 is 11.1. The summed E-state index contributed by atoms with van der Waals surface area (Å²) >= 11 is 0. The second kappa shape index (κ2) is 8.78. The Morgan fingerprint density at radius 2 is 2.17 bits per heavy atom. The second-order valence-corrected chi connectivity index (χ2v) is 7.65. The van der Waals surface area contributed by atoms with Gasteiger partial charge in [-0.15, -0.1) is 0 Å². The van der Waals surface area contributed by atoms with E-state index in [9.17, 15) is 4.79 Å². The van der Waals surface area contributed by atoms with Gasteiger partial charge >= 0.3 is 0 Å². The Morgan fingerprint density at radius 1 is 1.31 bits per heavy atom. The molecule has 2 unspecified atom stereocenters. The number of hydrogen-bond acceptors (Lipinski definition) is 6. The molecule has 1 N–H and O–H groups in total. The van der Waals surface area contributed by atoms with Crippen molar-refractivity contribution in [2.45, 2.75) is 51.3 Å². The number of fused-ring (bicyclic) bond motifs is 1. The summed E-state index contributed by atoms with van der Waals surface area (Å²) in [5.74, 6) is 2.18. The highest BCUT2D eigenvalue weighted by atomic mass is 16.5. The molecule has 1 amide bonds. The van der Waals surface area contributed by atoms with Crippen LogP contribution in [0.2, 0.25) is 0 Å². The first-order valence-corrected chi connectivity index (χ1v) is 10.3. The smallest absolute Gasteiger partial charge is 0.263 e. The van der Waals surface area contributed by atoms with Crippen LogP contribution in [0.1, 0.15) is 49.3 Å². The van der Waals surface area contributed by atoms with E-state index >= 15 is 0 Å². The van der Waals surface area contributed by atoms with E-state index in [1.54, 1.807) is 20.1 Å². The average molecular weight is 396 g/mol. The fourth-order valence-corrected chi connectivity index (χ4v) is 3.95. The lowest BCUT2D eigenvalue weighted by Crippen LogP contribution is -2.43. The van der Waals surface area contributed by atoms with Gasteiger partial charge in [-0.2, -0.15) is 0 Å². The Hall–Kier alpha value is -2.67. The Balaban J connectivity index is 1.40. The largest absolute Gasteiger partial charge is 0.497 e. The maximum atomic E-state index is 12.9. The number of carbonyl (C=O) groups excluding carboxylic acids is 1. The van der Waals surface area contributed by atoms with Crippen molar-refractivity contribution in [1.29, 1.82) is 0 Å². The summed E-state index contributed by atoms with van der Waals surface area (Å²) in [5, 5.41) is 3.50. The van der Waals surface area contributed by atoms with Crippen molar-refractivity contribution in [3.05, 3.63) is 47.5 Å². The lowest BCUT2D eigenvalue weighted by atomic mass is 10.0. The molecule has 2 aromatic rings. The van der Waals surface area contributed by atoms with E-state index in [2.05, 4.69) is 10.3 Å². The Labute approximate surface area is 171 Å². The van der Waals surface area contributed by atoms with Crippen LogP contribution in [0.25, 0.3) is 0 Å². The highest BCUT2D eigenvalue weighted by Gasteiger charge is 2.28. The number of hydrogen-bond donors (Lipinski definition) is 1. The lowest BCUT2D eigenvalue weighted by Gasteiger charge is -2.31. The summed E-state index contributed by atoms with van der Waals surface area (Å²) in [6.45, 7) is 3.98. The van der Waals surface area contributed by atoms with Crippen molar-refractivity contribution in [3.8, 4) is 11.5 Å². The quantitative estimate of drug-likeness (QED) is 0.837. The normalized spacial score (nSPS) is 19.9. The van der Waals surface area contributed by atoms with Crippen LogP contribution in [0.5, 0.6) is 11.5 Å². The van der Waals surface area contributed by atoms with Gasteiger partial charge in [0, 0.05) is 37.3 Å². The number of nitrogens with one attached hydrogen (secondary N) is 1. The molecule has 1 saturated heterocycles. The van der Waals surface area contributed by atoms with E-state index in [0.717, 1.165) is 36.5 Å². The van der Waals surface area contributed by atoms with Gasteiger partial charge in [0.25, 0.3) is 5.91 Å². The molecule has 4 rings (SSSR count). The van der Waals surface area contributed by atoms with Gasteiger partial charge in [-0.3, -0.25) is 4.79 Å². The summed E-state index contributed by atoms with van der Waals surface area (Å²) in [6, 6.07) is 7.55. The van der Waals surface area contributed by atoms with E-state index in [4.69, 9.17) is 14.5 Å². The second-order valence-electron chi connectivity index (χ2n) is 7.65. The molecule has 2 aliphatic heterocycles. The van der Waals surface area contributed by atoms with E-state index in [1.807, 2.05) is 29.3 Å². The van der Waals surface area contributed by atoms with E-state index < -0.39 is 6.10 Å². The SMILES string of the molecule is COc1cccc(OC(C)C(=O)N2CCc3nc(C4CCCCN4)ncc3C2)c1. The number of amides is 1. The molecule has 7 nitrogen and oxygen atoms in total. The van der Waals surface area contributed by atoms with Crippen LogP contribution in [0.15, 0.2) is 30.5 Å². The Kier molecular flexibility index (Phi) is 5.94. The molecule has 29 heavy (non-hydrogen) atoms. The van der Waals surface area contributed by atoms with Gasteiger partial charge in [-0.05, 0) is 38.4 Å². The maximum Gasteiger partial charge on any atom is 0.263 e. The molecular weight excluding hydrogens is 368 g/mol. The van der Waals surface area contributed by atoms with Crippen LogP contribution in [0.3, 0.4) is 0 Å². The molecule has 0 saturated carbocycles. The van der Waals surface area contributed by atoms with Gasteiger partial charge in [-0.25, -0.2) is 9.97 Å². The molecule has 1 aromatic heterocycles. The molecule has 7 heteroatoms. The summed E-state index contributed by atoms with van der Waals surface area (Å²) in [5.41, 5.74) is 2.09. The van der Waals surface area contributed by atoms with Crippen molar-refractivity contribution >= 4 is 5.91 Å². The third-order valence-corrected chi connectivity index (χ3v) is 5.59. The van der Waals surface area contributed by atoms with Crippen molar-refractivity contribution in [3.63, 3.8) is 0 Å². The average Bonchev–Trinajstić information content (AvgIpc) is 2.78. The first-order valence-electron chi connectivity index (χ1n) is 10.3. The molecule has 0 spiro atoms. The Morgan fingerprint density at radius 3 is 2.97 bits per heavy atom. The monoisotopic (exact) mass is 396 g/mol. The third kappa shape index (κ3) is 4.50. The minimum absolute atomic E-state index is 0.0310. The molecule has 154 valence electrons. The third-order valence-electron chi connectivity index (χ3n) is 5.59. The predicted molar refractivity (Wildman–Crippen MR) is 109 cm³/mol. The van der Waals surface area contributed by atoms with Crippen LogP contribution in [-0.4, -0.2) is 47.1 Å². The highest BCUT2D eigenvalue weighted by Crippen LogP contribution is 2.24. The summed E-state index contributed by atoms with van der Waals surface area (Å²) in [6.07, 6.45) is 5.58. The molecule has 2 aliphatic rings. The van der Waals surface area contributed by atoms with E-state index in [0.29, 0.717) is 24.6 Å². The first-order chi connectivity index (χ1) is 14.1. The number of methoxy groups -OCH3 is 1. The molecule has 0 bridgehead atoms. The Bertz CT molecular complexity index is 867. The van der Waals surface area contributed by atoms with Crippen molar-refractivity contribution in [2.75, 3.05) is 20.2 Å². The number of rotatable bonds is 5. The van der Waals surface area contributed by atoms with Gasteiger partial charge < -0.3 is 19.7 Å². The molecule has 2 atom stereocenters. The first kappa shape index (κ1) is 19.6. The zero-order valence-electron chi connectivity index (χ0n) is 17.1. The van der Waals surface area contributed by atoms with Gasteiger partial charge in [0.2, 0.25) is 0 Å². The number of piperidine rings is 1. The fourth-order valence-electron chi connectivity index (χ4n) is 3.95. The minimum atomic E-state index is -0.574. The standard InChI is InChI=1S/C22H28N4O3/c1-15(29-18-7-5-6-17(12-18)28-2)22(27)26-11-9-19-16(14-26)13-24-21(25-19)20-8-3-4-10-23-20/h5-7,12-13,15,20,23H,3-4,8-11,14H2,1-2H3. The van der Waals surface area contributed by atoms with E-state index in [-0.39, 0.29) is 11.9 Å². The molecule has 0 radical (unpaired) electrons. The maximum absolute atomic E-state index is 12.9. The number of aromatic nitrogens is 2. The topological polar surface area (TPSA) is 76.6 Å². The van der Waals surface area contributed by atoms with Crippen LogP contribution in [0, 0.1) is 0 Å². The number of nitrogens with zero attached hydrogens (tertiary/aromatic N) is 3. The predicted octanol–water partition coefficient (Wildman–Crippen LogP) is 2.65. The van der Waals surface area contributed by atoms with E-state index in [1.165, 1.54) is 12.8 Å².